The number of aromatic nitrogens is 2. The number of nitrogens with two attached hydrogens (primary N) is 1. The lowest BCUT2D eigenvalue weighted by Gasteiger charge is -2.30. The first-order valence-corrected chi connectivity index (χ1v) is 11.7. The number of benzene rings is 2. The van der Waals surface area contributed by atoms with Gasteiger partial charge in [0.1, 0.15) is 17.3 Å². The third-order valence-corrected chi connectivity index (χ3v) is 5.51. The predicted octanol–water partition coefficient (Wildman–Crippen LogP) is 3.49. The van der Waals surface area contributed by atoms with Gasteiger partial charge in [-0.25, -0.2) is 28.3 Å². The number of fused-ring (bicyclic) bond motifs is 1. The molecule has 1 aromatic heterocycles. The maximum absolute atomic E-state index is 14.7. The SMILES string of the molecule is CN(C)CCNc1nc(-c2ccc(C(N)=O)cc2)c2c(n1)N(c1c(F)cccc1F)C(=O)NC2.O=C(O)C(F)(F)F. The first-order valence-electron chi connectivity index (χ1n) is 11.7. The number of carbonyl (C=O) groups is 3. The number of anilines is 3. The van der Waals surface area contributed by atoms with E-state index in [1.807, 2.05) is 19.0 Å². The normalized spacial score (nSPS) is 12.7. The zero-order valence-corrected chi connectivity index (χ0v) is 21.6. The summed E-state index contributed by atoms with van der Waals surface area (Å²) in [5.41, 5.74) is 6.64. The molecular formula is C25H24F5N7O4. The van der Waals surface area contributed by atoms with E-state index in [2.05, 4.69) is 20.6 Å². The van der Waals surface area contributed by atoms with Gasteiger partial charge in [-0.15, -0.1) is 0 Å². The van der Waals surface area contributed by atoms with Crippen molar-refractivity contribution in [1.82, 2.24) is 20.2 Å². The summed E-state index contributed by atoms with van der Waals surface area (Å²) in [6.45, 7) is 1.22. The Morgan fingerprint density at radius 3 is 2.20 bits per heavy atom. The summed E-state index contributed by atoms with van der Waals surface area (Å²) >= 11 is 0. The molecule has 41 heavy (non-hydrogen) atoms. The van der Waals surface area contributed by atoms with Crippen LogP contribution < -0.4 is 21.3 Å². The number of rotatable bonds is 7. The fourth-order valence-corrected chi connectivity index (χ4v) is 3.57. The van der Waals surface area contributed by atoms with Crippen LogP contribution in [-0.2, 0) is 11.3 Å². The van der Waals surface area contributed by atoms with E-state index in [9.17, 15) is 31.5 Å². The number of primary amides is 1. The molecule has 2 heterocycles. The second kappa shape index (κ2) is 12.5. The summed E-state index contributed by atoms with van der Waals surface area (Å²) in [4.78, 5) is 45.0. The number of para-hydroxylation sites is 1. The molecule has 0 aliphatic carbocycles. The molecule has 1 aliphatic rings. The average molecular weight is 582 g/mol. The van der Waals surface area contributed by atoms with Crippen LogP contribution in [0.3, 0.4) is 0 Å². The molecule has 5 N–H and O–H groups in total. The number of hydrogen-bond donors (Lipinski definition) is 4. The van der Waals surface area contributed by atoms with E-state index in [1.54, 1.807) is 24.3 Å². The third-order valence-electron chi connectivity index (χ3n) is 5.51. The van der Waals surface area contributed by atoms with Gasteiger partial charge in [0.15, 0.2) is 5.82 Å². The van der Waals surface area contributed by atoms with E-state index in [0.29, 0.717) is 35.5 Å². The van der Waals surface area contributed by atoms with Crippen LogP contribution in [0.2, 0.25) is 0 Å². The molecule has 0 atom stereocenters. The topological polar surface area (TPSA) is 154 Å². The number of amides is 3. The van der Waals surface area contributed by atoms with Gasteiger partial charge >= 0.3 is 18.2 Å². The minimum Gasteiger partial charge on any atom is -0.475 e. The van der Waals surface area contributed by atoms with E-state index in [-0.39, 0.29) is 18.3 Å². The van der Waals surface area contributed by atoms with Gasteiger partial charge in [-0.3, -0.25) is 4.79 Å². The lowest BCUT2D eigenvalue weighted by atomic mass is 10.0. The Balaban J connectivity index is 0.000000587. The monoisotopic (exact) mass is 581 g/mol. The van der Waals surface area contributed by atoms with E-state index in [1.165, 1.54) is 6.07 Å². The van der Waals surface area contributed by atoms with Crippen LogP contribution >= 0.6 is 0 Å². The summed E-state index contributed by atoms with van der Waals surface area (Å²) in [7, 11) is 3.82. The predicted molar refractivity (Wildman–Crippen MR) is 137 cm³/mol. The number of alkyl halides is 3. The zero-order chi connectivity index (χ0) is 30.5. The lowest BCUT2D eigenvalue weighted by Crippen LogP contribution is -2.43. The van der Waals surface area contributed by atoms with E-state index in [0.717, 1.165) is 17.0 Å². The maximum Gasteiger partial charge on any atom is 0.490 e. The molecule has 2 aromatic carbocycles. The molecular weight excluding hydrogens is 557 g/mol. The molecule has 0 radical (unpaired) electrons. The Bertz CT molecular complexity index is 1430. The largest absolute Gasteiger partial charge is 0.490 e. The van der Waals surface area contributed by atoms with Crippen LogP contribution in [0.15, 0.2) is 42.5 Å². The summed E-state index contributed by atoms with van der Waals surface area (Å²) in [5, 5.41) is 12.9. The van der Waals surface area contributed by atoms with Gasteiger partial charge in [-0.2, -0.15) is 18.2 Å². The van der Waals surface area contributed by atoms with Gasteiger partial charge in [-0.05, 0) is 38.4 Å². The van der Waals surface area contributed by atoms with Crippen LogP contribution in [0.5, 0.6) is 0 Å². The van der Waals surface area contributed by atoms with E-state index < -0.39 is 41.4 Å². The molecule has 11 nitrogen and oxygen atoms in total. The molecule has 3 amide bonds. The first kappa shape index (κ1) is 30.7. The number of carboxylic acid groups (broad SMARTS) is 1. The highest BCUT2D eigenvalue weighted by molar-refractivity contribution is 6.02. The van der Waals surface area contributed by atoms with Crippen molar-refractivity contribution in [3.8, 4) is 11.3 Å². The highest BCUT2D eigenvalue weighted by Crippen LogP contribution is 2.38. The van der Waals surface area contributed by atoms with Crippen LogP contribution in [0.4, 0.5) is 44.2 Å². The number of hydrogen-bond acceptors (Lipinski definition) is 7. The standard InChI is InChI=1S/C23H23F2N7O2.C2HF3O2/c1-31(2)11-10-27-22-29-18(13-6-8-14(9-7-13)20(26)33)15-12-28-23(34)32(21(15)30-22)19-16(24)4-3-5-17(19)25;3-2(4,5)1(6)7/h3-9H,10-12H2,1-2H3,(H2,26,33)(H,28,34)(H,27,29,30);(H,6,7). The molecule has 0 fully saturated rings. The Labute approximate surface area is 229 Å². The van der Waals surface area contributed by atoms with Gasteiger partial charge in [0.2, 0.25) is 11.9 Å². The van der Waals surface area contributed by atoms with Crippen LogP contribution in [0.1, 0.15) is 15.9 Å². The average Bonchev–Trinajstić information content (AvgIpc) is 2.89. The van der Waals surface area contributed by atoms with Crippen molar-refractivity contribution >= 4 is 35.4 Å². The van der Waals surface area contributed by atoms with E-state index >= 15 is 0 Å². The minimum atomic E-state index is -5.08. The molecule has 0 spiro atoms. The summed E-state index contributed by atoms with van der Waals surface area (Å²) < 4.78 is 61.1. The number of likely N-dealkylation sites (N-methyl/N-ethyl adjacent to an activating group) is 1. The van der Waals surface area contributed by atoms with Crippen LogP contribution in [0, 0.1) is 11.6 Å². The molecule has 0 bridgehead atoms. The smallest absolute Gasteiger partial charge is 0.475 e. The molecule has 0 saturated heterocycles. The number of urea groups is 1. The summed E-state index contributed by atoms with van der Waals surface area (Å²) in [6, 6.07) is 9.08. The molecule has 1 aliphatic heterocycles. The quantitative estimate of drug-likeness (QED) is 0.310. The second-order valence-corrected chi connectivity index (χ2v) is 8.74. The highest BCUT2D eigenvalue weighted by Gasteiger charge is 2.38. The van der Waals surface area contributed by atoms with Gasteiger partial charge < -0.3 is 26.4 Å². The van der Waals surface area contributed by atoms with Crippen molar-refractivity contribution in [2.45, 2.75) is 12.7 Å². The highest BCUT2D eigenvalue weighted by atomic mass is 19.4. The van der Waals surface area contributed by atoms with Crippen molar-refractivity contribution in [1.29, 1.82) is 0 Å². The van der Waals surface area contributed by atoms with Gasteiger partial charge in [0, 0.05) is 29.8 Å². The molecule has 4 rings (SSSR count). The summed E-state index contributed by atoms with van der Waals surface area (Å²) in [5.74, 6) is -4.90. The zero-order valence-electron chi connectivity index (χ0n) is 21.6. The number of halogens is 5. The Kier molecular flexibility index (Phi) is 9.39. The number of nitrogens with one attached hydrogen (secondary N) is 2. The Morgan fingerprint density at radius 1 is 1.10 bits per heavy atom. The minimum absolute atomic E-state index is 0.0472. The van der Waals surface area contributed by atoms with Crippen LogP contribution in [0.25, 0.3) is 11.3 Å². The Morgan fingerprint density at radius 2 is 1.68 bits per heavy atom. The molecule has 218 valence electrons. The molecule has 0 unspecified atom stereocenters. The first-order chi connectivity index (χ1) is 19.2. The second-order valence-electron chi connectivity index (χ2n) is 8.74. The summed E-state index contributed by atoms with van der Waals surface area (Å²) in [6.07, 6.45) is -5.08. The van der Waals surface area contributed by atoms with Crippen LogP contribution in [-0.4, -0.2) is 71.2 Å². The third kappa shape index (κ3) is 7.42. The molecule has 16 heteroatoms. The number of carbonyl (C=O) groups excluding carboxylic acids is 2. The number of carboxylic acids is 1. The number of aliphatic carboxylic acids is 1. The fourth-order valence-electron chi connectivity index (χ4n) is 3.57. The van der Waals surface area contributed by atoms with Crippen molar-refractivity contribution in [2.75, 3.05) is 37.4 Å². The maximum atomic E-state index is 14.7. The number of nitrogens with zero attached hydrogens (tertiary/aromatic N) is 4. The van der Waals surface area contributed by atoms with Crippen molar-refractivity contribution in [3.63, 3.8) is 0 Å². The lowest BCUT2D eigenvalue weighted by molar-refractivity contribution is -0.192. The van der Waals surface area contributed by atoms with Crippen molar-refractivity contribution < 1.29 is 41.4 Å². The van der Waals surface area contributed by atoms with Crippen molar-refractivity contribution in [2.24, 2.45) is 5.73 Å². The molecule has 0 saturated carbocycles. The van der Waals surface area contributed by atoms with Gasteiger partial charge in [0.25, 0.3) is 0 Å². The molecule has 3 aromatic rings. The van der Waals surface area contributed by atoms with Gasteiger partial charge in [0.05, 0.1) is 12.2 Å². The van der Waals surface area contributed by atoms with E-state index in [4.69, 9.17) is 15.6 Å². The Hall–Kier alpha value is -4.86. The van der Waals surface area contributed by atoms with Crippen molar-refractivity contribution in [3.05, 3.63) is 65.2 Å². The van der Waals surface area contributed by atoms with Gasteiger partial charge in [-0.1, -0.05) is 18.2 Å². The fraction of sp³-hybridized carbons (Fsp3) is 0.240.